The molecule has 0 saturated carbocycles. The molecular formula is C33H48FN5O5S2. The Kier molecular flexibility index (Phi) is 12.2. The van der Waals surface area contributed by atoms with Crippen molar-refractivity contribution in [3.8, 4) is 5.75 Å². The molecule has 13 heteroatoms. The molecule has 2 saturated heterocycles. The number of fused-ring (bicyclic) bond motifs is 1. The molecule has 2 unspecified atom stereocenters. The fourth-order valence-electron chi connectivity index (χ4n) is 6.44. The molecule has 2 atom stereocenters. The van der Waals surface area contributed by atoms with Gasteiger partial charge in [0, 0.05) is 49.6 Å². The number of carbonyl (C=O) groups excluding carboxylic acids is 1. The summed E-state index contributed by atoms with van der Waals surface area (Å²) < 4.78 is 21.3. The van der Waals surface area contributed by atoms with Gasteiger partial charge in [-0.15, -0.1) is 11.3 Å². The Hall–Kier alpha value is -2.42. The quantitative estimate of drug-likeness (QED) is 0.162. The lowest BCUT2D eigenvalue weighted by Crippen LogP contribution is -2.58. The zero-order valence-electron chi connectivity index (χ0n) is 26.9. The van der Waals surface area contributed by atoms with Crippen LogP contribution < -0.4 is 10.2 Å². The van der Waals surface area contributed by atoms with E-state index in [4.69, 9.17) is 4.74 Å². The Labute approximate surface area is 278 Å². The lowest BCUT2D eigenvalue weighted by molar-refractivity contribution is -0.127. The molecule has 5 rings (SSSR count). The summed E-state index contributed by atoms with van der Waals surface area (Å²) in [7, 11) is 0. The van der Waals surface area contributed by atoms with Gasteiger partial charge in [-0.25, -0.2) is 9.37 Å². The third kappa shape index (κ3) is 8.93. The van der Waals surface area contributed by atoms with Crippen molar-refractivity contribution in [3.05, 3.63) is 43.4 Å². The smallest absolute Gasteiger partial charge is 0.305 e. The van der Waals surface area contributed by atoms with E-state index in [9.17, 15) is 24.2 Å². The Bertz CT molecular complexity index is 1480. The van der Waals surface area contributed by atoms with Crippen LogP contribution in [0.1, 0.15) is 98.3 Å². The number of halogens is 1. The van der Waals surface area contributed by atoms with Crippen LogP contribution in [0.3, 0.4) is 0 Å². The first-order valence-electron chi connectivity index (χ1n) is 16.6. The van der Waals surface area contributed by atoms with Gasteiger partial charge >= 0.3 is 4.87 Å². The molecule has 46 heavy (non-hydrogen) atoms. The Morgan fingerprint density at radius 3 is 2.67 bits per heavy atom. The van der Waals surface area contributed by atoms with Gasteiger partial charge in [0.2, 0.25) is 0 Å². The van der Waals surface area contributed by atoms with Gasteiger partial charge in [-0.05, 0) is 38.3 Å². The van der Waals surface area contributed by atoms with E-state index in [-0.39, 0.29) is 35.2 Å². The first-order chi connectivity index (χ1) is 22.1. The van der Waals surface area contributed by atoms with Crippen LogP contribution in [0.5, 0.6) is 5.75 Å². The molecule has 2 aliphatic heterocycles. The minimum atomic E-state index is -0.983. The van der Waals surface area contributed by atoms with Gasteiger partial charge in [0.25, 0.3) is 5.91 Å². The Morgan fingerprint density at radius 2 is 1.91 bits per heavy atom. The number of ether oxygens (including phenoxy) is 1. The van der Waals surface area contributed by atoms with Crippen LogP contribution in [0.15, 0.2) is 22.3 Å². The largest absolute Gasteiger partial charge is 0.506 e. The zero-order valence-corrected chi connectivity index (χ0v) is 28.6. The Morgan fingerprint density at radius 1 is 1.15 bits per heavy atom. The minimum absolute atomic E-state index is 0.0208. The van der Waals surface area contributed by atoms with Gasteiger partial charge in [0.1, 0.15) is 23.1 Å². The monoisotopic (exact) mass is 677 g/mol. The van der Waals surface area contributed by atoms with E-state index in [2.05, 4.69) is 34.0 Å². The molecule has 2 aliphatic rings. The van der Waals surface area contributed by atoms with E-state index in [1.54, 1.807) is 17.4 Å². The molecule has 0 aliphatic carbocycles. The van der Waals surface area contributed by atoms with Gasteiger partial charge in [-0.3, -0.25) is 9.59 Å². The van der Waals surface area contributed by atoms with Crippen LogP contribution in [0.25, 0.3) is 10.2 Å². The molecule has 2 aromatic heterocycles. The number of likely N-dealkylation sites (tertiary alicyclic amines) is 1. The third-order valence-electron chi connectivity index (χ3n) is 9.18. The summed E-state index contributed by atoms with van der Waals surface area (Å²) >= 11 is 2.50. The van der Waals surface area contributed by atoms with E-state index < -0.39 is 12.3 Å². The second-order valence-corrected chi connectivity index (χ2v) is 14.9. The average Bonchev–Trinajstić information content (AvgIpc) is 3.69. The number of unbranched alkanes of at least 4 members (excludes halogenated alkanes) is 4. The fourth-order valence-corrected chi connectivity index (χ4v) is 8.17. The van der Waals surface area contributed by atoms with E-state index in [0.29, 0.717) is 53.5 Å². The summed E-state index contributed by atoms with van der Waals surface area (Å²) in [5.41, 5.74) is 1.17. The number of H-pyrrole nitrogens is 1. The van der Waals surface area contributed by atoms with E-state index >= 15 is 0 Å². The number of rotatable bonds is 15. The number of aromatic amines is 1. The molecule has 10 nitrogen and oxygen atoms in total. The van der Waals surface area contributed by atoms with Gasteiger partial charge in [-0.1, -0.05) is 56.9 Å². The molecule has 4 heterocycles. The number of piperidine rings is 1. The highest BCUT2D eigenvalue weighted by molar-refractivity contribution is 7.16. The summed E-state index contributed by atoms with van der Waals surface area (Å²) in [5, 5.41) is 26.4. The number of alkyl halides is 1. The number of phenols is 1. The maximum Gasteiger partial charge on any atom is 0.305 e. The number of aromatic nitrogens is 2. The van der Waals surface area contributed by atoms with Crippen molar-refractivity contribution in [1.82, 2.24) is 25.1 Å². The number of nitrogens with zero attached hydrogens (tertiary/aromatic N) is 3. The standard InChI is InChI=1S/C33H48FN5O5S2/c1-22(2)30-36-25(20-45-30)31(42)39-16-17-44-33(21-39)11-14-38(15-12-33)13-7-5-3-4-6-8-23(34)18-35-19-27(41)24-9-10-26(40)28-29(24)46-32(43)37-28/h9-10,20,22-23,27,35,40-41H,3-8,11-19,21H2,1-2H3,(H,37,43). The molecule has 4 N–H and O–H groups in total. The number of hydrogen-bond donors (Lipinski definition) is 4. The summed E-state index contributed by atoms with van der Waals surface area (Å²) in [4.78, 5) is 36.1. The molecule has 3 aromatic rings. The first-order valence-corrected chi connectivity index (χ1v) is 18.3. The van der Waals surface area contributed by atoms with E-state index in [0.717, 1.165) is 80.9 Å². The number of nitrogens with one attached hydrogen (secondary N) is 2. The second kappa shape index (κ2) is 16.1. The third-order valence-corrected chi connectivity index (χ3v) is 11.3. The molecule has 2 fully saturated rings. The first kappa shape index (κ1) is 34.9. The highest BCUT2D eigenvalue weighted by Gasteiger charge is 2.41. The molecule has 0 radical (unpaired) electrons. The topological polar surface area (TPSA) is 131 Å². The number of aromatic hydroxyl groups is 1. The minimum Gasteiger partial charge on any atom is -0.506 e. The van der Waals surface area contributed by atoms with Gasteiger partial charge in [-0.2, -0.15) is 0 Å². The van der Waals surface area contributed by atoms with Crippen molar-refractivity contribution in [2.24, 2.45) is 0 Å². The average molecular weight is 678 g/mol. The van der Waals surface area contributed by atoms with Crippen molar-refractivity contribution < 1.29 is 24.1 Å². The molecule has 1 amide bonds. The number of carbonyl (C=O) groups is 1. The SMILES string of the molecule is CC(C)c1nc(C(=O)N2CCOC3(CCN(CCCCCCCC(F)CNCC(O)c4ccc(O)c5[nH]c(=O)sc45)CC3)C2)cs1. The highest BCUT2D eigenvalue weighted by atomic mass is 32.1. The number of hydrogen-bond acceptors (Lipinski definition) is 10. The van der Waals surface area contributed by atoms with Crippen LogP contribution in [-0.2, 0) is 4.74 Å². The number of aliphatic hydroxyl groups is 1. The van der Waals surface area contributed by atoms with Crippen molar-refractivity contribution in [2.45, 2.75) is 89.0 Å². The van der Waals surface area contributed by atoms with Gasteiger partial charge < -0.3 is 35.1 Å². The number of benzene rings is 1. The number of morpholine rings is 1. The van der Waals surface area contributed by atoms with Crippen molar-refractivity contribution in [3.63, 3.8) is 0 Å². The lowest BCUT2D eigenvalue weighted by atomic mass is 9.89. The van der Waals surface area contributed by atoms with Crippen LogP contribution in [-0.4, -0.2) is 100 Å². The molecule has 1 spiro atoms. The van der Waals surface area contributed by atoms with Crippen LogP contribution in [0.2, 0.25) is 0 Å². The van der Waals surface area contributed by atoms with Gasteiger partial charge in [0.15, 0.2) is 0 Å². The maximum atomic E-state index is 14.5. The molecular weight excluding hydrogens is 630 g/mol. The number of phenolic OH excluding ortho intramolecular Hbond substituents is 1. The molecule has 0 bridgehead atoms. The molecule has 1 aromatic carbocycles. The Balaban J connectivity index is 0.910. The summed E-state index contributed by atoms with van der Waals surface area (Å²) in [6.45, 7) is 9.36. The number of thiazole rings is 2. The van der Waals surface area contributed by atoms with E-state index in [1.807, 2.05) is 10.3 Å². The van der Waals surface area contributed by atoms with Crippen LogP contribution >= 0.6 is 22.7 Å². The van der Waals surface area contributed by atoms with Crippen LogP contribution in [0, 0.1) is 0 Å². The maximum absolute atomic E-state index is 14.5. The zero-order chi connectivity index (χ0) is 32.7. The van der Waals surface area contributed by atoms with Crippen LogP contribution in [0.4, 0.5) is 4.39 Å². The normalized spacial score (nSPS) is 18.5. The highest BCUT2D eigenvalue weighted by Crippen LogP contribution is 2.32. The van der Waals surface area contributed by atoms with Gasteiger partial charge in [0.05, 0.1) is 34.6 Å². The predicted molar refractivity (Wildman–Crippen MR) is 181 cm³/mol. The summed E-state index contributed by atoms with van der Waals surface area (Å²) in [6, 6.07) is 3.04. The predicted octanol–water partition coefficient (Wildman–Crippen LogP) is 5.18. The van der Waals surface area contributed by atoms with Crippen molar-refractivity contribution >= 4 is 38.8 Å². The second-order valence-electron chi connectivity index (χ2n) is 13.0. The lowest BCUT2D eigenvalue weighted by Gasteiger charge is -2.47. The summed E-state index contributed by atoms with van der Waals surface area (Å²) in [6.07, 6.45) is 5.63. The number of amides is 1. The van der Waals surface area contributed by atoms with Crippen molar-refractivity contribution in [1.29, 1.82) is 0 Å². The number of aliphatic hydroxyl groups excluding tert-OH is 1. The summed E-state index contributed by atoms with van der Waals surface area (Å²) in [5.74, 6) is 0.307. The fraction of sp³-hybridized carbons (Fsp3) is 0.667. The molecule has 254 valence electrons. The van der Waals surface area contributed by atoms with Crippen molar-refractivity contribution in [2.75, 3.05) is 52.4 Å². The van der Waals surface area contributed by atoms with E-state index in [1.165, 1.54) is 6.07 Å².